The number of ether oxygens (including phenoxy) is 1. The van der Waals surface area contributed by atoms with Crippen molar-refractivity contribution in [2.45, 2.75) is 10.7 Å². The Hall–Kier alpha value is -1.75. The second kappa shape index (κ2) is 10.9. The van der Waals surface area contributed by atoms with Gasteiger partial charge in [-0.2, -0.15) is 8.78 Å². The van der Waals surface area contributed by atoms with Crippen molar-refractivity contribution in [2.24, 2.45) is 0 Å². The molecule has 0 atom stereocenters. The van der Waals surface area contributed by atoms with Gasteiger partial charge in [0.15, 0.2) is 0 Å². The number of hydrogen-bond acceptors (Lipinski definition) is 6. The molecule has 0 saturated carbocycles. The zero-order valence-corrected chi connectivity index (χ0v) is 17.0. The molecule has 2 saturated heterocycles. The number of morpholine rings is 1. The third kappa shape index (κ3) is 6.91. The molecular weight excluding hydrogens is 402 g/mol. The van der Waals surface area contributed by atoms with Gasteiger partial charge in [0, 0.05) is 44.2 Å². The normalized spacial score (nSPS) is 18.8. The highest BCUT2D eigenvalue weighted by Crippen LogP contribution is 2.31. The number of benzene rings is 1. The second-order valence-electron chi connectivity index (χ2n) is 6.97. The van der Waals surface area contributed by atoms with Gasteiger partial charge in [-0.25, -0.2) is 0 Å². The van der Waals surface area contributed by atoms with E-state index < -0.39 is 5.76 Å². The minimum atomic E-state index is -2.54. The summed E-state index contributed by atoms with van der Waals surface area (Å²) in [7, 11) is 0. The summed E-state index contributed by atoms with van der Waals surface area (Å²) in [5.41, 5.74) is 0.401. The smallest absolute Gasteiger partial charge is 0.288 e. The Balaban J connectivity index is 1.41. The molecule has 7 nitrogen and oxygen atoms in total. The van der Waals surface area contributed by atoms with Gasteiger partial charge < -0.3 is 15.0 Å². The van der Waals surface area contributed by atoms with Crippen LogP contribution < -0.4 is 5.32 Å². The van der Waals surface area contributed by atoms with Crippen LogP contribution in [-0.4, -0.2) is 97.8 Å². The second-order valence-corrected chi connectivity index (χ2v) is 8.00. The quantitative estimate of drug-likeness (QED) is 0.663. The molecular formula is C19H26F2N4O3S. The molecule has 0 bridgehead atoms. The standard InChI is InChI=1S/C19H26F2N4O3S/c20-19(21)29-16-4-2-1-3-15(16)22-17(26)13-23-5-7-24(8-6-23)14-18(27)25-9-11-28-12-10-25/h1-4,19H,5-14H2,(H,22,26). The molecule has 1 aromatic carbocycles. The van der Waals surface area contributed by atoms with Crippen molar-refractivity contribution in [1.29, 1.82) is 0 Å². The lowest BCUT2D eigenvalue weighted by Gasteiger charge is -2.35. The number of anilines is 1. The van der Waals surface area contributed by atoms with Crippen LogP contribution in [0.3, 0.4) is 0 Å². The number of hydrogen-bond donors (Lipinski definition) is 1. The summed E-state index contributed by atoms with van der Waals surface area (Å²) in [4.78, 5) is 31.0. The Morgan fingerprint density at radius 1 is 1.00 bits per heavy atom. The van der Waals surface area contributed by atoms with E-state index in [1.807, 2.05) is 9.80 Å². The topological polar surface area (TPSA) is 65.1 Å². The minimum absolute atomic E-state index is 0.118. The molecule has 2 fully saturated rings. The van der Waals surface area contributed by atoms with Crippen LogP contribution in [0, 0.1) is 0 Å². The number of nitrogens with one attached hydrogen (secondary N) is 1. The molecule has 160 valence electrons. The van der Waals surface area contributed by atoms with Crippen LogP contribution in [0.2, 0.25) is 0 Å². The number of carbonyl (C=O) groups excluding carboxylic acids is 2. The SMILES string of the molecule is O=C(CN1CCN(CC(=O)N2CCOCC2)CC1)Nc1ccccc1SC(F)F. The average Bonchev–Trinajstić information content (AvgIpc) is 2.71. The fraction of sp³-hybridized carbons (Fsp3) is 0.579. The van der Waals surface area contributed by atoms with E-state index in [-0.39, 0.29) is 18.4 Å². The third-order valence-electron chi connectivity index (χ3n) is 4.93. The van der Waals surface area contributed by atoms with Crippen LogP contribution in [0.5, 0.6) is 0 Å². The Morgan fingerprint density at radius 3 is 2.28 bits per heavy atom. The van der Waals surface area contributed by atoms with Crippen LogP contribution in [0.25, 0.3) is 0 Å². The number of thioether (sulfide) groups is 1. The molecule has 0 radical (unpaired) electrons. The maximum atomic E-state index is 12.7. The molecule has 0 spiro atoms. The Morgan fingerprint density at radius 2 is 1.62 bits per heavy atom. The number of carbonyl (C=O) groups is 2. The molecule has 0 aliphatic carbocycles. The first-order chi connectivity index (χ1) is 14.0. The highest BCUT2D eigenvalue weighted by Gasteiger charge is 2.24. The highest BCUT2D eigenvalue weighted by atomic mass is 32.2. The summed E-state index contributed by atoms with van der Waals surface area (Å²) in [6.45, 7) is 5.82. The number of para-hydroxylation sites is 1. The number of halogens is 2. The van der Waals surface area contributed by atoms with E-state index in [1.165, 1.54) is 0 Å². The van der Waals surface area contributed by atoms with Gasteiger partial charge in [-0.3, -0.25) is 19.4 Å². The van der Waals surface area contributed by atoms with Gasteiger partial charge >= 0.3 is 0 Å². The summed E-state index contributed by atoms with van der Waals surface area (Å²) in [5.74, 6) is -2.65. The van der Waals surface area contributed by atoms with E-state index in [2.05, 4.69) is 10.2 Å². The van der Waals surface area contributed by atoms with Crippen LogP contribution in [-0.2, 0) is 14.3 Å². The van der Waals surface area contributed by atoms with Gasteiger partial charge in [-0.15, -0.1) is 0 Å². The molecule has 2 amide bonds. The van der Waals surface area contributed by atoms with Crippen molar-refractivity contribution in [3.8, 4) is 0 Å². The summed E-state index contributed by atoms with van der Waals surface area (Å²) < 4.78 is 30.6. The Kier molecular flexibility index (Phi) is 8.22. The van der Waals surface area contributed by atoms with Crippen LogP contribution in [0.1, 0.15) is 0 Å². The van der Waals surface area contributed by atoms with E-state index in [0.29, 0.717) is 81.4 Å². The first kappa shape index (κ1) is 21.9. The van der Waals surface area contributed by atoms with Crippen molar-refractivity contribution in [2.75, 3.05) is 70.9 Å². The maximum absolute atomic E-state index is 12.7. The lowest BCUT2D eigenvalue weighted by Crippen LogP contribution is -2.52. The first-order valence-corrected chi connectivity index (χ1v) is 10.5. The lowest BCUT2D eigenvalue weighted by molar-refractivity contribution is -0.137. The van der Waals surface area contributed by atoms with Crippen molar-refractivity contribution < 1.29 is 23.1 Å². The highest BCUT2D eigenvalue weighted by molar-refractivity contribution is 7.99. The fourth-order valence-electron chi connectivity index (χ4n) is 3.37. The van der Waals surface area contributed by atoms with E-state index in [4.69, 9.17) is 4.74 Å². The van der Waals surface area contributed by atoms with Gasteiger partial charge in [-0.05, 0) is 12.1 Å². The van der Waals surface area contributed by atoms with Crippen molar-refractivity contribution in [3.05, 3.63) is 24.3 Å². The summed E-state index contributed by atoms with van der Waals surface area (Å²) in [6, 6.07) is 6.56. The molecule has 1 aromatic rings. The lowest BCUT2D eigenvalue weighted by atomic mass is 10.2. The van der Waals surface area contributed by atoms with Crippen LogP contribution in [0.15, 0.2) is 29.2 Å². The molecule has 2 heterocycles. The van der Waals surface area contributed by atoms with Gasteiger partial charge in [0.1, 0.15) is 0 Å². The van der Waals surface area contributed by atoms with Gasteiger partial charge in [0.2, 0.25) is 11.8 Å². The summed E-state index contributed by atoms with van der Waals surface area (Å²) in [6.07, 6.45) is 0. The number of rotatable bonds is 7. The summed E-state index contributed by atoms with van der Waals surface area (Å²) in [5, 5.41) is 2.73. The predicted molar refractivity (Wildman–Crippen MR) is 107 cm³/mol. The minimum Gasteiger partial charge on any atom is -0.378 e. The molecule has 0 unspecified atom stereocenters. The Labute approximate surface area is 173 Å². The Bertz CT molecular complexity index is 696. The number of amides is 2. The largest absolute Gasteiger partial charge is 0.378 e. The monoisotopic (exact) mass is 428 g/mol. The molecule has 2 aliphatic heterocycles. The molecule has 29 heavy (non-hydrogen) atoms. The third-order valence-corrected chi connectivity index (χ3v) is 5.72. The van der Waals surface area contributed by atoms with Gasteiger partial charge in [0.25, 0.3) is 5.76 Å². The van der Waals surface area contributed by atoms with E-state index in [9.17, 15) is 18.4 Å². The summed E-state index contributed by atoms with van der Waals surface area (Å²) >= 11 is 0.419. The fourth-order valence-corrected chi connectivity index (χ4v) is 3.97. The van der Waals surface area contributed by atoms with E-state index >= 15 is 0 Å². The predicted octanol–water partition coefficient (Wildman–Crippen LogP) is 1.42. The van der Waals surface area contributed by atoms with E-state index in [0.717, 1.165) is 0 Å². The van der Waals surface area contributed by atoms with Crippen molar-refractivity contribution in [3.63, 3.8) is 0 Å². The van der Waals surface area contributed by atoms with Crippen molar-refractivity contribution in [1.82, 2.24) is 14.7 Å². The molecule has 1 N–H and O–H groups in total. The molecule has 2 aliphatic rings. The number of alkyl halides is 2. The van der Waals surface area contributed by atoms with E-state index in [1.54, 1.807) is 24.3 Å². The molecule has 10 heteroatoms. The van der Waals surface area contributed by atoms with Crippen LogP contribution in [0.4, 0.5) is 14.5 Å². The molecule has 3 rings (SSSR count). The zero-order chi connectivity index (χ0) is 20.6. The maximum Gasteiger partial charge on any atom is 0.288 e. The van der Waals surface area contributed by atoms with Gasteiger partial charge in [0.05, 0.1) is 32.0 Å². The zero-order valence-electron chi connectivity index (χ0n) is 16.2. The van der Waals surface area contributed by atoms with Crippen molar-refractivity contribution >= 4 is 29.3 Å². The number of nitrogens with zero attached hydrogens (tertiary/aromatic N) is 3. The van der Waals surface area contributed by atoms with Gasteiger partial charge in [-0.1, -0.05) is 23.9 Å². The van der Waals surface area contributed by atoms with Crippen LogP contribution >= 0.6 is 11.8 Å². The molecule has 0 aromatic heterocycles. The first-order valence-electron chi connectivity index (χ1n) is 9.65. The number of piperazine rings is 1. The average molecular weight is 429 g/mol.